The van der Waals surface area contributed by atoms with Crippen LogP contribution in [0.5, 0.6) is 5.75 Å². The van der Waals surface area contributed by atoms with Crippen LogP contribution in [0.4, 0.5) is 5.69 Å². The normalized spacial score (nSPS) is 17.1. The number of anilines is 1. The maximum Gasteiger partial charge on any atom is 0.267 e. The highest BCUT2D eigenvalue weighted by Crippen LogP contribution is 2.33. The number of nitrogens with zero attached hydrogens (tertiary/aromatic N) is 1. The fourth-order valence-corrected chi connectivity index (χ4v) is 4.11. The zero-order valence-corrected chi connectivity index (χ0v) is 14.9. The summed E-state index contributed by atoms with van der Waals surface area (Å²) < 4.78 is 33.1. The Bertz CT molecular complexity index is 895. The molecule has 0 aromatic heterocycles. The highest BCUT2D eigenvalue weighted by molar-refractivity contribution is 7.89. The minimum Gasteiger partial charge on any atom is -0.478 e. The first kappa shape index (κ1) is 17.4. The van der Waals surface area contributed by atoms with Crippen LogP contribution in [0.15, 0.2) is 53.4 Å². The molecule has 2 aromatic rings. The van der Waals surface area contributed by atoms with Gasteiger partial charge in [0.05, 0.1) is 10.6 Å². The minimum atomic E-state index is -3.61. The summed E-state index contributed by atoms with van der Waals surface area (Å²) in [7, 11) is -1.93. The number of rotatable bonds is 5. The zero-order valence-electron chi connectivity index (χ0n) is 14.1. The number of ether oxygens (including phenoxy) is 1. The molecule has 0 spiro atoms. The SMILES string of the molecule is Cc1ccccc1S(=O)(=O)NCCC1Oc2ccccc2N(C)C1=O. The van der Waals surface area contributed by atoms with Crippen LogP contribution in [0.1, 0.15) is 12.0 Å². The van der Waals surface area contributed by atoms with Crippen molar-refractivity contribution in [3.63, 3.8) is 0 Å². The monoisotopic (exact) mass is 360 g/mol. The Labute approximate surface area is 147 Å². The topological polar surface area (TPSA) is 75.7 Å². The highest BCUT2D eigenvalue weighted by Gasteiger charge is 2.32. The van der Waals surface area contributed by atoms with E-state index in [1.165, 1.54) is 0 Å². The Morgan fingerprint density at radius 1 is 1.12 bits per heavy atom. The average Bonchev–Trinajstić information content (AvgIpc) is 2.59. The van der Waals surface area contributed by atoms with Gasteiger partial charge in [0.25, 0.3) is 5.91 Å². The molecule has 25 heavy (non-hydrogen) atoms. The first-order chi connectivity index (χ1) is 11.9. The molecule has 1 amide bonds. The molecule has 1 aliphatic heterocycles. The van der Waals surface area contributed by atoms with E-state index in [9.17, 15) is 13.2 Å². The van der Waals surface area contributed by atoms with Gasteiger partial charge in [-0.05, 0) is 30.7 Å². The van der Waals surface area contributed by atoms with Gasteiger partial charge in [-0.2, -0.15) is 0 Å². The Hall–Kier alpha value is -2.38. The number of likely N-dealkylation sites (N-methyl/N-ethyl adjacent to an activating group) is 1. The first-order valence-corrected chi connectivity index (χ1v) is 9.47. The molecule has 0 fully saturated rings. The van der Waals surface area contributed by atoms with Gasteiger partial charge in [-0.25, -0.2) is 13.1 Å². The van der Waals surface area contributed by atoms with E-state index in [1.807, 2.05) is 18.2 Å². The quantitative estimate of drug-likeness (QED) is 0.886. The van der Waals surface area contributed by atoms with Crippen molar-refractivity contribution < 1.29 is 17.9 Å². The Morgan fingerprint density at radius 2 is 1.80 bits per heavy atom. The van der Waals surface area contributed by atoms with E-state index in [1.54, 1.807) is 49.2 Å². The van der Waals surface area contributed by atoms with Crippen LogP contribution in [0.3, 0.4) is 0 Å². The number of aryl methyl sites for hydroxylation is 1. The predicted octanol–water partition coefficient (Wildman–Crippen LogP) is 2.09. The molecule has 7 heteroatoms. The van der Waals surface area contributed by atoms with Crippen LogP contribution in [0.2, 0.25) is 0 Å². The molecule has 1 unspecified atom stereocenters. The van der Waals surface area contributed by atoms with Gasteiger partial charge in [0, 0.05) is 20.0 Å². The fourth-order valence-electron chi connectivity index (χ4n) is 2.81. The second-order valence-electron chi connectivity index (χ2n) is 5.92. The molecule has 3 rings (SSSR count). The van der Waals surface area contributed by atoms with Crippen molar-refractivity contribution in [1.29, 1.82) is 0 Å². The molecule has 2 aromatic carbocycles. The molecule has 1 heterocycles. The third-order valence-electron chi connectivity index (χ3n) is 4.18. The molecule has 0 radical (unpaired) electrons. The second-order valence-corrected chi connectivity index (χ2v) is 7.66. The maximum absolute atomic E-state index is 12.4. The lowest BCUT2D eigenvalue weighted by molar-refractivity contribution is -0.126. The van der Waals surface area contributed by atoms with E-state index < -0.39 is 16.1 Å². The molecule has 0 saturated carbocycles. The number of amides is 1. The van der Waals surface area contributed by atoms with Crippen LogP contribution in [-0.4, -0.2) is 34.0 Å². The first-order valence-electron chi connectivity index (χ1n) is 7.99. The molecule has 132 valence electrons. The van der Waals surface area contributed by atoms with E-state index in [0.717, 1.165) is 0 Å². The molecule has 0 saturated heterocycles. The van der Waals surface area contributed by atoms with Crippen molar-refractivity contribution in [2.75, 3.05) is 18.5 Å². The van der Waals surface area contributed by atoms with Crippen LogP contribution in [0.25, 0.3) is 0 Å². The van der Waals surface area contributed by atoms with E-state index >= 15 is 0 Å². The number of hydrogen-bond donors (Lipinski definition) is 1. The van der Waals surface area contributed by atoms with Crippen LogP contribution >= 0.6 is 0 Å². The number of carbonyl (C=O) groups is 1. The van der Waals surface area contributed by atoms with E-state index in [-0.39, 0.29) is 23.8 Å². The molecular formula is C18H20N2O4S. The van der Waals surface area contributed by atoms with Gasteiger partial charge in [-0.15, -0.1) is 0 Å². The van der Waals surface area contributed by atoms with Gasteiger partial charge < -0.3 is 9.64 Å². The lowest BCUT2D eigenvalue weighted by atomic mass is 10.1. The van der Waals surface area contributed by atoms with Crippen LogP contribution < -0.4 is 14.4 Å². The van der Waals surface area contributed by atoms with E-state index in [2.05, 4.69) is 4.72 Å². The molecule has 1 N–H and O–H groups in total. The maximum atomic E-state index is 12.4. The molecule has 0 bridgehead atoms. The summed E-state index contributed by atoms with van der Waals surface area (Å²) in [5, 5.41) is 0. The van der Waals surface area contributed by atoms with Crippen molar-refractivity contribution in [3.8, 4) is 5.75 Å². The van der Waals surface area contributed by atoms with Gasteiger partial charge in [0.15, 0.2) is 6.10 Å². The average molecular weight is 360 g/mol. The second kappa shape index (κ2) is 6.85. The number of benzene rings is 2. The number of hydrogen-bond acceptors (Lipinski definition) is 4. The summed E-state index contributed by atoms with van der Waals surface area (Å²) in [4.78, 5) is 14.2. The fraction of sp³-hybridized carbons (Fsp3) is 0.278. The number of fused-ring (bicyclic) bond motifs is 1. The van der Waals surface area contributed by atoms with E-state index in [0.29, 0.717) is 17.0 Å². The lowest BCUT2D eigenvalue weighted by Gasteiger charge is -2.31. The smallest absolute Gasteiger partial charge is 0.267 e. The van der Waals surface area contributed by atoms with Gasteiger partial charge in [-0.3, -0.25) is 4.79 Å². The minimum absolute atomic E-state index is 0.114. The third-order valence-corrected chi connectivity index (χ3v) is 5.80. The number of para-hydroxylation sites is 2. The summed E-state index contributed by atoms with van der Waals surface area (Å²) in [6, 6.07) is 14.0. The van der Waals surface area contributed by atoms with Gasteiger partial charge >= 0.3 is 0 Å². The molecule has 1 atom stereocenters. The molecular weight excluding hydrogens is 340 g/mol. The van der Waals surface area contributed by atoms with Crippen molar-refractivity contribution in [2.45, 2.75) is 24.3 Å². The molecule has 6 nitrogen and oxygen atoms in total. The Morgan fingerprint density at radius 3 is 2.56 bits per heavy atom. The summed E-state index contributed by atoms with van der Waals surface area (Å²) in [6.45, 7) is 1.86. The van der Waals surface area contributed by atoms with Crippen LogP contribution in [0, 0.1) is 6.92 Å². The van der Waals surface area contributed by atoms with Gasteiger partial charge in [0.1, 0.15) is 5.75 Å². The number of sulfonamides is 1. The van der Waals surface area contributed by atoms with Crippen LogP contribution in [-0.2, 0) is 14.8 Å². The summed E-state index contributed by atoms with van der Waals surface area (Å²) in [5.41, 5.74) is 1.39. The summed E-state index contributed by atoms with van der Waals surface area (Å²) in [6.07, 6.45) is -0.456. The Kier molecular flexibility index (Phi) is 4.78. The largest absolute Gasteiger partial charge is 0.478 e. The highest BCUT2D eigenvalue weighted by atomic mass is 32.2. The standard InChI is InChI=1S/C18H20N2O4S/c1-13-7-3-6-10-17(13)25(22,23)19-12-11-16-18(21)20(2)14-8-4-5-9-15(14)24-16/h3-10,16,19H,11-12H2,1-2H3. The van der Waals surface area contributed by atoms with Crippen molar-refractivity contribution in [2.24, 2.45) is 0 Å². The van der Waals surface area contributed by atoms with Gasteiger partial charge in [0.2, 0.25) is 10.0 Å². The number of nitrogens with one attached hydrogen (secondary N) is 1. The summed E-state index contributed by atoms with van der Waals surface area (Å²) in [5.74, 6) is 0.435. The molecule has 0 aliphatic carbocycles. The number of carbonyl (C=O) groups excluding carboxylic acids is 1. The van der Waals surface area contributed by atoms with Crippen molar-refractivity contribution in [1.82, 2.24) is 4.72 Å². The third kappa shape index (κ3) is 3.52. The van der Waals surface area contributed by atoms with Crippen molar-refractivity contribution >= 4 is 21.6 Å². The van der Waals surface area contributed by atoms with Crippen molar-refractivity contribution in [3.05, 3.63) is 54.1 Å². The van der Waals surface area contributed by atoms with Gasteiger partial charge in [-0.1, -0.05) is 30.3 Å². The lowest BCUT2D eigenvalue weighted by Crippen LogP contribution is -2.45. The zero-order chi connectivity index (χ0) is 18.0. The Balaban J connectivity index is 1.67. The summed E-state index contributed by atoms with van der Waals surface area (Å²) >= 11 is 0. The predicted molar refractivity (Wildman–Crippen MR) is 95.3 cm³/mol. The van der Waals surface area contributed by atoms with E-state index in [4.69, 9.17) is 4.74 Å². The molecule has 1 aliphatic rings.